The van der Waals surface area contributed by atoms with E-state index >= 15 is 0 Å². The van der Waals surface area contributed by atoms with Crippen LogP contribution in [0.4, 0.5) is 8.78 Å². The van der Waals surface area contributed by atoms with Crippen LogP contribution in [-0.2, 0) is 9.53 Å². The van der Waals surface area contributed by atoms with Crippen molar-refractivity contribution in [1.29, 1.82) is 5.26 Å². The highest BCUT2D eigenvalue weighted by molar-refractivity contribution is 5.73. The number of nitrogens with zero attached hydrogens (tertiary/aromatic N) is 1. The fourth-order valence-electron chi connectivity index (χ4n) is 1.37. The molecular formula is C8H9F2NO2. The number of halogens is 2. The van der Waals surface area contributed by atoms with Crippen molar-refractivity contribution in [1.82, 2.24) is 0 Å². The van der Waals surface area contributed by atoms with E-state index in [0.717, 1.165) is 0 Å². The van der Waals surface area contributed by atoms with Crippen molar-refractivity contribution in [3.05, 3.63) is 0 Å². The zero-order valence-electron chi connectivity index (χ0n) is 6.93. The van der Waals surface area contributed by atoms with Crippen molar-refractivity contribution >= 4 is 5.97 Å². The summed E-state index contributed by atoms with van der Waals surface area (Å²) in [5.41, 5.74) is 0. The smallest absolute Gasteiger partial charge is 0.310 e. The fraction of sp³-hybridized carbons (Fsp3) is 0.750. The van der Waals surface area contributed by atoms with E-state index in [1.807, 2.05) is 0 Å². The van der Waals surface area contributed by atoms with Crippen LogP contribution < -0.4 is 0 Å². The van der Waals surface area contributed by atoms with E-state index in [1.54, 1.807) is 6.07 Å². The number of carbonyl (C=O) groups excluding carboxylic acids is 1. The molecule has 1 aliphatic rings. The van der Waals surface area contributed by atoms with Crippen molar-refractivity contribution in [2.24, 2.45) is 5.92 Å². The standard InChI is InChI=1S/C8H9F2NO2/c9-8(10)2-1-6(5-8)7(12)13-4-3-11/h6H,1-2,4-5H2. The summed E-state index contributed by atoms with van der Waals surface area (Å²) in [6.45, 7) is -0.360. The summed E-state index contributed by atoms with van der Waals surface area (Å²) in [7, 11) is 0. The number of hydrogen-bond acceptors (Lipinski definition) is 3. The molecule has 1 rings (SSSR count). The minimum absolute atomic E-state index is 0.150. The van der Waals surface area contributed by atoms with Gasteiger partial charge in [-0.1, -0.05) is 0 Å². The maximum atomic E-state index is 12.6. The maximum absolute atomic E-state index is 12.6. The second-order valence-corrected chi connectivity index (χ2v) is 3.06. The van der Waals surface area contributed by atoms with Gasteiger partial charge in [-0.25, -0.2) is 8.78 Å². The topological polar surface area (TPSA) is 50.1 Å². The Morgan fingerprint density at radius 3 is 2.85 bits per heavy atom. The van der Waals surface area contributed by atoms with Crippen LogP contribution in [0.25, 0.3) is 0 Å². The number of ether oxygens (including phenoxy) is 1. The summed E-state index contributed by atoms with van der Waals surface area (Å²) < 4.78 is 29.6. The molecule has 0 spiro atoms. The van der Waals surface area contributed by atoms with E-state index in [9.17, 15) is 13.6 Å². The summed E-state index contributed by atoms with van der Waals surface area (Å²) in [5, 5.41) is 8.09. The van der Waals surface area contributed by atoms with Gasteiger partial charge in [-0.3, -0.25) is 4.79 Å². The largest absolute Gasteiger partial charge is 0.450 e. The van der Waals surface area contributed by atoms with E-state index in [1.165, 1.54) is 0 Å². The lowest BCUT2D eigenvalue weighted by molar-refractivity contribution is -0.147. The molecule has 0 saturated heterocycles. The van der Waals surface area contributed by atoms with Crippen LogP contribution in [0.3, 0.4) is 0 Å². The molecule has 0 aromatic rings. The Morgan fingerprint density at radius 1 is 1.69 bits per heavy atom. The average Bonchev–Trinajstić information content (AvgIpc) is 2.42. The first-order valence-corrected chi connectivity index (χ1v) is 3.96. The van der Waals surface area contributed by atoms with Crippen LogP contribution >= 0.6 is 0 Å². The van der Waals surface area contributed by atoms with E-state index in [4.69, 9.17) is 5.26 Å². The van der Waals surface area contributed by atoms with Gasteiger partial charge in [0.25, 0.3) is 0 Å². The zero-order chi connectivity index (χ0) is 9.90. The minimum atomic E-state index is -2.74. The molecule has 0 amide bonds. The molecule has 5 heteroatoms. The third kappa shape index (κ3) is 2.65. The average molecular weight is 189 g/mol. The Balaban J connectivity index is 2.39. The summed E-state index contributed by atoms with van der Waals surface area (Å²) in [6, 6.07) is 1.61. The van der Waals surface area contributed by atoms with Gasteiger partial charge in [0.05, 0.1) is 5.92 Å². The molecule has 0 heterocycles. The van der Waals surface area contributed by atoms with Gasteiger partial charge in [0, 0.05) is 12.8 Å². The molecular weight excluding hydrogens is 180 g/mol. The van der Waals surface area contributed by atoms with Gasteiger partial charge in [-0.15, -0.1) is 0 Å². The molecule has 3 nitrogen and oxygen atoms in total. The van der Waals surface area contributed by atoms with Crippen molar-refractivity contribution in [3.8, 4) is 6.07 Å². The van der Waals surface area contributed by atoms with Crippen molar-refractivity contribution in [2.75, 3.05) is 6.61 Å². The Hall–Kier alpha value is -1.18. The van der Waals surface area contributed by atoms with Crippen LogP contribution in [0.15, 0.2) is 0 Å². The molecule has 0 aromatic carbocycles. The molecule has 1 saturated carbocycles. The van der Waals surface area contributed by atoms with Gasteiger partial charge in [0.15, 0.2) is 6.61 Å². The Morgan fingerprint density at radius 2 is 2.38 bits per heavy atom. The first-order chi connectivity index (χ1) is 6.05. The maximum Gasteiger partial charge on any atom is 0.310 e. The highest BCUT2D eigenvalue weighted by Gasteiger charge is 2.43. The van der Waals surface area contributed by atoms with Crippen molar-refractivity contribution < 1.29 is 18.3 Å². The van der Waals surface area contributed by atoms with Crippen LogP contribution in [0.1, 0.15) is 19.3 Å². The predicted octanol–water partition coefficient (Wildman–Crippen LogP) is 1.49. The molecule has 72 valence electrons. The van der Waals surface area contributed by atoms with Crippen LogP contribution in [-0.4, -0.2) is 18.5 Å². The lowest BCUT2D eigenvalue weighted by Crippen LogP contribution is -2.18. The van der Waals surface area contributed by atoms with Gasteiger partial charge in [-0.05, 0) is 6.42 Å². The normalized spacial score (nSPS) is 25.2. The molecule has 13 heavy (non-hydrogen) atoms. The summed E-state index contributed by atoms with van der Waals surface area (Å²) in [5.74, 6) is -4.15. The zero-order valence-corrected chi connectivity index (χ0v) is 6.93. The van der Waals surface area contributed by atoms with Crippen molar-refractivity contribution in [3.63, 3.8) is 0 Å². The van der Waals surface area contributed by atoms with Gasteiger partial charge in [-0.2, -0.15) is 5.26 Å². The van der Waals surface area contributed by atoms with Crippen LogP contribution in [0, 0.1) is 17.2 Å². The number of carbonyl (C=O) groups is 1. The summed E-state index contributed by atoms with van der Waals surface area (Å²) >= 11 is 0. The number of esters is 1. The van der Waals surface area contributed by atoms with E-state index in [2.05, 4.69) is 4.74 Å². The molecule has 0 radical (unpaired) electrons. The highest BCUT2D eigenvalue weighted by Crippen LogP contribution is 2.39. The molecule has 0 N–H and O–H groups in total. The quantitative estimate of drug-likeness (QED) is 0.618. The molecule has 0 bridgehead atoms. The second kappa shape index (κ2) is 3.69. The molecule has 1 aliphatic carbocycles. The third-order valence-corrected chi connectivity index (χ3v) is 2.02. The minimum Gasteiger partial charge on any atom is -0.450 e. The first kappa shape index (κ1) is 9.90. The lowest BCUT2D eigenvalue weighted by atomic mass is 10.1. The molecule has 1 atom stereocenters. The van der Waals surface area contributed by atoms with Gasteiger partial charge >= 0.3 is 5.97 Å². The van der Waals surface area contributed by atoms with Crippen LogP contribution in [0.5, 0.6) is 0 Å². The Kier molecular flexibility index (Phi) is 2.81. The third-order valence-electron chi connectivity index (χ3n) is 2.02. The number of rotatable bonds is 2. The Labute approximate surface area is 74.3 Å². The van der Waals surface area contributed by atoms with Crippen molar-refractivity contribution in [2.45, 2.75) is 25.2 Å². The van der Waals surface area contributed by atoms with E-state index < -0.39 is 24.2 Å². The monoisotopic (exact) mass is 189 g/mol. The number of nitriles is 1. The Bertz CT molecular complexity index is 247. The predicted molar refractivity (Wildman–Crippen MR) is 38.9 cm³/mol. The number of hydrogen-bond donors (Lipinski definition) is 0. The van der Waals surface area contributed by atoms with Crippen LogP contribution in [0.2, 0.25) is 0 Å². The SMILES string of the molecule is N#CCOC(=O)C1CCC(F)(F)C1. The van der Waals surface area contributed by atoms with Gasteiger partial charge in [0.2, 0.25) is 5.92 Å². The van der Waals surface area contributed by atoms with E-state index in [-0.39, 0.29) is 19.4 Å². The van der Waals surface area contributed by atoms with E-state index in [0.29, 0.717) is 0 Å². The summed E-state index contributed by atoms with van der Waals surface area (Å²) in [6.07, 6.45) is -0.562. The summed E-state index contributed by atoms with van der Waals surface area (Å²) in [4.78, 5) is 11.0. The fourth-order valence-corrected chi connectivity index (χ4v) is 1.37. The second-order valence-electron chi connectivity index (χ2n) is 3.06. The molecule has 0 aliphatic heterocycles. The molecule has 1 unspecified atom stereocenters. The van der Waals surface area contributed by atoms with Gasteiger partial charge < -0.3 is 4.74 Å². The first-order valence-electron chi connectivity index (χ1n) is 3.96. The number of alkyl halides is 2. The van der Waals surface area contributed by atoms with Gasteiger partial charge in [0.1, 0.15) is 6.07 Å². The molecule has 0 aromatic heterocycles. The lowest BCUT2D eigenvalue weighted by Gasteiger charge is -2.08. The highest BCUT2D eigenvalue weighted by atomic mass is 19.3. The molecule has 1 fully saturated rings.